The molecule has 2 nitrogen and oxygen atoms in total. The smallest absolute Gasteiger partial charge is 0.265 e. The third-order valence-electron chi connectivity index (χ3n) is 1.75. The van der Waals surface area contributed by atoms with Gasteiger partial charge in [-0.3, -0.25) is 0 Å². The molecule has 1 aromatic rings. The molecule has 0 aliphatic rings. The van der Waals surface area contributed by atoms with Crippen LogP contribution in [0.15, 0.2) is 18.2 Å². The Balaban J connectivity index is 3.02. The van der Waals surface area contributed by atoms with Gasteiger partial charge < -0.3 is 11.1 Å². The van der Waals surface area contributed by atoms with Gasteiger partial charge >= 0.3 is 0 Å². The number of anilines is 2. The minimum atomic E-state index is -2.50. The van der Waals surface area contributed by atoms with Crippen LogP contribution in [0.4, 0.5) is 20.2 Å². The molecule has 1 aromatic carbocycles. The Morgan fingerprint density at radius 3 is 2.43 bits per heavy atom. The second-order valence-corrected chi connectivity index (χ2v) is 3.45. The van der Waals surface area contributed by atoms with E-state index in [1.807, 2.05) is 13.8 Å². The molecule has 0 atom stereocenters. The Bertz CT molecular complexity index is 311. The zero-order valence-electron chi connectivity index (χ0n) is 8.22. The summed E-state index contributed by atoms with van der Waals surface area (Å²) in [4.78, 5) is 0. The van der Waals surface area contributed by atoms with Crippen LogP contribution in [-0.4, -0.2) is 6.04 Å². The van der Waals surface area contributed by atoms with Gasteiger partial charge in [-0.2, -0.15) is 0 Å². The molecule has 0 saturated heterocycles. The van der Waals surface area contributed by atoms with Gasteiger partial charge in [-0.25, -0.2) is 8.78 Å². The van der Waals surface area contributed by atoms with Gasteiger partial charge in [0.05, 0.1) is 0 Å². The molecule has 0 radical (unpaired) electrons. The van der Waals surface area contributed by atoms with Crippen molar-refractivity contribution >= 4 is 11.4 Å². The lowest BCUT2D eigenvalue weighted by Crippen LogP contribution is -2.11. The number of nitrogen functional groups attached to an aromatic ring is 1. The first kappa shape index (κ1) is 10.8. The minimum absolute atomic E-state index is 0.0429. The number of halogens is 2. The van der Waals surface area contributed by atoms with E-state index >= 15 is 0 Å². The molecule has 4 heteroatoms. The maximum Gasteiger partial charge on any atom is 0.265 e. The lowest BCUT2D eigenvalue weighted by atomic mass is 10.1. The van der Waals surface area contributed by atoms with E-state index in [1.54, 1.807) is 12.1 Å². The molecule has 78 valence electrons. The van der Waals surface area contributed by atoms with E-state index in [0.717, 1.165) is 0 Å². The number of rotatable bonds is 3. The van der Waals surface area contributed by atoms with Crippen LogP contribution in [0.5, 0.6) is 0 Å². The minimum Gasteiger partial charge on any atom is -0.399 e. The first-order valence-electron chi connectivity index (χ1n) is 4.45. The Morgan fingerprint density at radius 1 is 1.29 bits per heavy atom. The molecule has 0 aliphatic carbocycles. The van der Waals surface area contributed by atoms with Crippen molar-refractivity contribution in [2.75, 3.05) is 11.1 Å². The lowest BCUT2D eigenvalue weighted by Gasteiger charge is -2.14. The van der Waals surface area contributed by atoms with Gasteiger partial charge in [0.25, 0.3) is 6.43 Å². The second-order valence-electron chi connectivity index (χ2n) is 3.45. The van der Waals surface area contributed by atoms with Gasteiger partial charge in [-0.15, -0.1) is 0 Å². The average molecular weight is 200 g/mol. The van der Waals surface area contributed by atoms with Crippen LogP contribution in [-0.2, 0) is 0 Å². The van der Waals surface area contributed by atoms with Crippen LogP contribution >= 0.6 is 0 Å². The number of hydrogen-bond acceptors (Lipinski definition) is 2. The fourth-order valence-corrected chi connectivity index (χ4v) is 1.20. The van der Waals surface area contributed by atoms with Crippen molar-refractivity contribution in [3.05, 3.63) is 23.8 Å². The highest BCUT2D eigenvalue weighted by molar-refractivity contribution is 5.58. The van der Waals surface area contributed by atoms with Gasteiger partial charge in [0, 0.05) is 23.0 Å². The molecule has 0 unspecified atom stereocenters. The number of benzene rings is 1. The van der Waals surface area contributed by atoms with Crippen LogP contribution in [0.2, 0.25) is 0 Å². The Morgan fingerprint density at radius 2 is 1.93 bits per heavy atom. The molecule has 0 bridgehead atoms. The van der Waals surface area contributed by atoms with E-state index in [1.165, 1.54) is 6.07 Å². The van der Waals surface area contributed by atoms with E-state index < -0.39 is 6.43 Å². The molecular formula is C10H14F2N2. The van der Waals surface area contributed by atoms with Crippen LogP contribution < -0.4 is 11.1 Å². The first-order chi connectivity index (χ1) is 6.50. The van der Waals surface area contributed by atoms with Crippen LogP contribution in [0.3, 0.4) is 0 Å². The number of nitrogens with one attached hydrogen (secondary N) is 1. The maximum atomic E-state index is 12.6. The van der Waals surface area contributed by atoms with Gasteiger partial charge in [-0.1, -0.05) is 0 Å². The van der Waals surface area contributed by atoms with Crippen molar-refractivity contribution in [3.8, 4) is 0 Å². The molecule has 0 aliphatic heterocycles. The molecule has 0 aromatic heterocycles. The summed E-state index contributed by atoms with van der Waals surface area (Å²) in [5, 5.41) is 2.95. The number of hydrogen-bond donors (Lipinski definition) is 2. The fraction of sp³-hybridized carbons (Fsp3) is 0.400. The highest BCUT2D eigenvalue weighted by Crippen LogP contribution is 2.29. The fourth-order valence-electron chi connectivity index (χ4n) is 1.20. The highest BCUT2D eigenvalue weighted by Gasteiger charge is 2.13. The predicted molar refractivity (Wildman–Crippen MR) is 54.6 cm³/mol. The van der Waals surface area contributed by atoms with Crippen molar-refractivity contribution in [2.45, 2.75) is 26.3 Å². The predicted octanol–water partition coefficient (Wildman–Crippen LogP) is 3.03. The third kappa shape index (κ3) is 2.58. The summed E-state index contributed by atoms with van der Waals surface area (Å²) in [5.74, 6) is 0. The molecule has 0 spiro atoms. The Labute approximate surface area is 82.1 Å². The molecule has 0 amide bonds. The molecule has 1 rings (SSSR count). The van der Waals surface area contributed by atoms with Gasteiger partial charge in [0.15, 0.2) is 0 Å². The summed E-state index contributed by atoms with van der Waals surface area (Å²) in [6.45, 7) is 3.79. The van der Waals surface area contributed by atoms with E-state index in [4.69, 9.17) is 5.73 Å². The average Bonchev–Trinajstić information content (AvgIpc) is 2.07. The molecule has 3 N–H and O–H groups in total. The Kier molecular flexibility index (Phi) is 3.28. The van der Waals surface area contributed by atoms with E-state index in [-0.39, 0.29) is 11.6 Å². The topological polar surface area (TPSA) is 38.0 Å². The zero-order valence-corrected chi connectivity index (χ0v) is 8.22. The summed E-state index contributed by atoms with van der Waals surface area (Å²) < 4.78 is 25.1. The number of nitrogens with two attached hydrogens (primary N) is 1. The van der Waals surface area contributed by atoms with Crippen molar-refractivity contribution < 1.29 is 8.78 Å². The normalized spacial score (nSPS) is 11.0. The van der Waals surface area contributed by atoms with E-state index in [9.17, 15) is 8.78 Å². The molecule has 14 heavy (non-hydrogen) atoms. The van der Waals surface area contributed by atoms with E-state index in [2.05, 4.69) is 5.32 Å². The van der Waals surface area contributed by atoms with Crippen molar-refractivity contribution in [1.82, 2.24) is 0 Å². The van der Waals surface area contributed by atoms with Gasteiger partial charge in [0.1, 0.15) is 0 Å². The zero-order chi connectivity index (χ0) is 10.7. The largest absolute Gasteiger partial charge is 0.399 e. The van der Waals surface area contributed by atoms with Crippen molar-refractivity contribution in [1.29, 1.82) is 0 Å². The Hall–Kier alpha value is -1.32. The summed E-state index contributed by atoms with van der Waals surface area (Å²) in [5.41, 5.74) is 6.20. The summed E-state index contributed by atoms with van der Waals surface area (Å²) >= 11 is 0. The second kappa shape index (κ2) is 4.26. The molecule has 0 saturated carbocycles. The van der Waals surface area contributed by atoms with Crippen molar-refractivity contribution in [2.24, 2.45) is 0 Å². The summed E-state index contributed by atoms with van der Waals surface area (Å²) in [6.07, 6.45) is -2.50. The maximum absolute atomic E-state index is 12.6. The first-order valence-corrected chi connectivity index (χ1v) is 4.45. The quantitative estimate of drug-likeness (QED) is 0.736. The standard InChI is InChI=1S/C10H14F2N2/c1-6(2)14-9-4-3-7(13)5-8(9)10(11)12/h3-6,10,14H,13H2,1-2H3. The highest BCUT2D eigenvalue weighted by atomic mass is 19.3. The van der Waals surface area contributed by atoms with Gasteiger partial charge in [0.2, 0.25) is 0 Å². The molecular weight excluding hydrogens is 186 g/mol. The molecule has 0 heterocycles. The van der Waals surface area contributed by atoms with E-state index in [0.29, 0.717) is 11.4 Å². The van der Waals surface area contributed by atoms with Crippen LogP contribution in [0.25, 0.3) is 0 Å². The van der Waals surface area contributed by atoms with Crippen molar-refractivity contribution in [3.63, 3.8) is 0 Å². The van der Waals surface area contributed by atoms with Crippen LogP contribution in [0, 0.1) is 0 Å². The number of alkyl halides is 2. The third-order valence-corrected chi connectivity index (χ3v) is 1.75. The molecule has 0 fully saturated rings. The summed E-state index contributed by atoms with van der Waals surface area (Å²) in [6, 6.07) is 4.61. The summed E-state index contributed by atoms with van der Waals surface area (Å²) in [7, 11) is 0. The van der Waals surface area contributed by atoms with Crippen LogP contribution in [0.1, 0.15) is 25.8 Å². The monoisotopic (exact) mass is 200 g/mol. The van der Waals surface area contributed by atoms with Gasteiger partial charge in [-0.05, 0) is 32.0 Å². The SMILES string of the molecule is CC(C)Nc1ccc(N)cc1C(F)F. The lowest BCUT2D eigenvalue weighted by molar-refractivity contribution is 0.152.